The van der Waals surface area contributed by atoms with Gasteiger partial charge in [-0.05, 0) is 24.3 Å². The molecule has 2 aromatic carbocycles. The first kappa shape index (κ1) is 23.0. The fourth-order valence-corrected chi connectivity index (χ4v) is 2.58. The van der Waals surface area contributed by atoms with Gasteiger partial charge in [0.15, 0.2) is 5.96 Å². The standard InChI is InChI=1S/C22H30N4O4/c1-17(27)25-18-7-4-10-21(15-18)30-14-11-24-22(23-2)26-19-8-5-9-20(16-19)29-13-6-12-28-3/h4-5,7-10,15-16H,6,11-14H2,1-3H3,(H,25,27)(H2,23,24,26). The highest BCUT2D eigenvalue weighted by molar-refractivity contribution is 5.93. The molecule has 3 N–H and O–H groups in total. The van der Waals surface area contributed by atoms with Crippen molar-refractivity contribution >= 4 is 23.2 Å². The lowest BCUT2D eigenvalue weighted by molar-refractivity contribution is -0.114. The number of methoxy groups -OCH3 is 1. The van der Waals surface area contributed by atoms with E-state index in [0.29, 0.717) is 43.8 Å². The summed E-state index contributed by atoms with van der Waals surface area (Å²) in [5, 5.41) is 9.17. The van der Waals surface area contributed by atoms with E-state index in [9.17, 15) is 4.79 Å². The Morgan fingerprint density at radius 2 is 1.57 bits per heavy atom. The van der Waals surface area contributed by atoms with Crippen LogP contribution in [-0.2, 0) is 9.53 Å². The first-order chi connectivity index (χ1) is 14.6. The Labute approximate surface area is 177 Å². The maximum Gasteiger partial charge on any atom is 0.221 e. The zero-order valence-corrected chi connectivity index (χ0v) is 17.7. The van der Waals surface area contributed by atoms with Crippen molar-refractivity contribution in [2.24, 2.45) is 4.99 Å². The monoisotopic (exact) mass is 414 g/mol. The summed E-state index contributed by atoms with van der Waals surface area (Å²) in [5.74, 6) is 1.98. The van der Waals surface area contributed by atoms with Gasteiger partial charge < -0.3 is 30.2 Å². The summed E-state index contributed by atoms with van der Waals surface area (Å²) >= 11 is 0. The molecule has 2 rings (SSSR count). The van der Waals surface area contributed by atoms with Gasteiger partial charge in [-0.2, -0.15) is 0 Å². The predicted molar refractivity (Wildman–Crippen MR) is 120 cm³/mol. The molecule has 8 nitrogen and oxygen atoms in total. The number of carbonyl (C=O) groups is 1. The van der Waals surface area contributed by atoms with E-state index in [4.69, 9.17) is 14.2 Å². The van der Waals surface area contributed by atoms with Crippen LogP contribution in [0.25, 0.3) is 0 Å². The van der Waals surface area contributed by atoms with Gasteiger partial charge in [-0.1, -0.05) is 12.1 Å². The second-order valence-corrected chi connectivity index (χ2v) is 6.40. The molecular weight excluding hydrogens is 384 g/mol. The van der Waals surface area contributed by atoms with Crippen molar-refractivity contribution < 1.29 is 19.0 Å². The van der Waals surface area contributed by atoms with Crippen LogP contribution >= 0.6 is 0 Å². The summed E-state index contributed by atoms with van der Waals surface area (Å²) in [6.07, 6.45) is 0.838. The van der Waals surface area contributed by atoms with Crippen molar-refractivity contribution in [3.63, 3.8) is 0 Å². The van der Waals surface area contributed by atoms with E-state index in [2.05, 4.69) is 20.9 Å². The van der Waals surface area contributed by atoms with Crippen molar-refractivity contribution in [2.75, 3.05) is 51.2 Å². The second kappa shape index (κ2) is 13.1. The average molecular weight is 415 g/mol. The number of guanidine groups is 1. The van der Waals surface area contributed by atoms with Crippen LogP contribution < -0.4 is 25.4 Å². The number of amides is 1. The molecule has 0 unspecified atom stereocenters. The molecule has 0 aliphatic rings. The quantitative estimate of drug-likeness (QED) is 0.297. The maximum absolute atomic E-state index is 11.1. The lowest BCUT2D eigenvalue weighted by Crippen LogP contribution is -2.33. The number of ether oxygens (including phenoxy) is 3. The zero-order valence-electron chi connectivity index (χ0n) is 17.7. The molecule has 0 atom stereocenters. The van der Waals surface area contributed by atoms with Crippen LogP contribution in [0.1, 0.15) is 13.3 Å². The normalized spacial score (nSPS) is 11.0. The number of aliphatic imine (C=N–C) groups is 1. The average Bonchev–Trinajstić information content (AvgIpc) is 2.73. The van der Waals surface area contributed by atoms with E-state index >= 15 is 0 Å². The zero-order chi connectivity index (χ0) is 21.6. The van der Waals surface area contributed by atoms with Crippen LogP contribution in [0.2, 0.25) is 0 Å². The highest BCUT2D eigenvalue weighted by Crippen LogP contribution is 2.18. The van der Waals surface area contributed by atoms with Crippen LogP contribution in [-0.4, -0.2) is 52.4 Å². The molecule has 2 aromatic rings. The smallest absolute Gasteiger partial charge is 0.221 e. The topological polar surface area (TPSA) is 93.2 Å². The third-order valence-electron chi connectivity index (χ3n) is 3.90. The fraction of sp³-hybridized carbons (Fsp3) is 0.364. The summed E-state index contributed by atoms with van der Waals surface area (Å²) < 4.78 is 16.5. The Morgan fingerprint density at radius 1 is 0.933 bits per heavy atom. The molecule has 0 aliphatic heterocycles. The van der Waals surface area contributed by atoms with Crippen molar-refractivity contribution in [1.29, 1.82) is 0 Å². The molecule has 0 saturated carbocycles. The molecule has 0 heterocycles. The first-order valence-corrected chi connectivity index (χ1v) is 9.80. The largest absolute Gasteiger partial charge is 0.493 e. The number of anilines is 2. The number of nitrogens with one attached hydrogen (secondary N) is 3. The highest BCUT2D eigenvalue weighted by atomic mass is 16.5. The Kier molecular flexibility index (Phi) is 10.0. The SMILES string of the molecule is CN=C(NCCOc1cccc(NC(C)=O)c1)Nc1cccc(OCCCOC)c1. The Balaban J connectivity index is 1.76. The summed E-state index contributed by atoms with van der Waals surface area (Å²) in [6, 6.07) is 15.0. The molecular formula is C22H30N4O4. The minimum Gasteiger partial charge on any atom is -0.493 e. The summed E-state index contributed by atoms with van der Waals surface area (Å²) in [4.78, 5) is 15.4. The number of hydrogen-bond acceptors (Lipinski definition) is 5. The van der Waals surface area contributed by atoms with E-state index in [1.807, 2.05) is 42.5 Å². The molecule has 0 aliphatic carbocycles. The van der Waals surface area contributed by atoms with Gasteiger partial charge in [0.1, 0.15) is 18.1 Å². The molecule has 0 bridgehead atoms. The minimum absolute atomic E-state index is 0.117. The van der Waals surface area contributed by atoms with Gasteiger partial charge in [0, 0.05) is 57.6 Å². The Morgan fingerprint density at radius 3 is 2.17 bits per heavy atom. The molecule has 30 heavy (non-hydrogen) atoms. The third-order valence-corrected chi connectivity index (χ3v) is 3.90. The van der Waals surface area contributed by atoms with Gasteiger partial charge >= 0.3 is 0 Å². The maximum atomic E-state index is 11.1. The number of nitrogens with zero attached hydrogens (tertiary/aromatic N) is 1. The lowest BCUT2D eigenvalue weighted by atomic mass is 10.3. The van der Waals surface area contributed by atoms with Crippen LogP contribution in [0.15, 0.2) is 53.5 Å². The first-order valence-electron chi connectivity index (χ1n) is 9.80. The van der Waals surface area contributed by atoms with Crippen molar-refractivity contribution in [3.8, 4) is 11.5 Å². The molecule has 0 spiro atoms. The van der Waals surface area contributed by atoms with Crippen molar-refractivity contribution in [1.82, 2.24) is 5.32 Å². The lowest BCUT2D eigenvalue weighted by Gasteiger charge is -2.14. The van der Waals surface area contributed by atoms with Crippen LogP contribution in [0.3, 0.4) is 0 Å². The van der Waals surface area contributed by atoms with E-state index < -0.39 is 0 Å². The van der Waals surface area contributed by atoms with Crippen molar-refractivity contribution in [2.45, 2.75) is 13.3 Å². The number of carbonyl (C=O) groups excluding carboxylic acids is 1. The number of hydrogen-bond donors (Lipinski definition) is 3. The van der Waals surface area contributed by atoms with E-state index in [0.717, 1.165) is 17.9 Å². The molecule has 162 valence electrons. The number of benzene rings is 2. The third kappa shape index (κ3) is 8.83. The minimum atomic E-state index is -0.117. The fourth-order valence-electron chi connectivity index (χ4n) is 2.58. The van der Waals surface area contributed by atoms with Crippen LogP contribution in [0, 0.1) is 0 Å². The molecule has 0 radical (unpaired) electrons. The second-order valence-electron chi connectivity index (χ2n) is 6.40. The summed E-state index contributed by atoms with van der Waals surface area (Å²) in [5.41, 5.74) is 1.58. The van der Waals surface area contributed by atoms with Gasteiger partial charge in [-0.25, -0.2) is 0 Å². The molecule has 0 aromatic heterocycles. The van der Waals surface area contributed by atoms with Crippen molar-refractivity contribution in [3.05, 3.63) is 48.5 Å². The molecule has 8 heteroatoms. The van der Waals surface area contributed by atoms with Gasteiger partial charge in [0.2, 0.25) is 5.91 Å². The van der Waals surface area contributed by atoms with Gasteiger partial charge in [-0.3, -0.25) is 9.79 Å². The van der Waals surface area contributed by atoms with Gasteiger partial charge in [0.05, 0.1) is 13.2 Å². The van der Waals surface area contributed by atoms with Crippen LogP contribution in [0.4, 0.5) is 11.4 Å². The number of rotatable bonds is 11. The molecule has 1 amide bonds. The van der Waals surface area contributed by atoms with E-state index in [1.165, 1.54) is 6.92 Å². The molecule has 0 fully saturated rings. The highest BCUT2D eigenvalue weighted by Gasteiger charge is 2.03. The van der Waals surface area contributed by atoms with E-state index in [-0.39, 0.29) is 5.91 Å². The van der Waals surface area contributed by atoms with Gasteiger partial charge in [-0.15, -0.1) is 0 Å². The summed E-state index contributed by atoms with van der Waals surface area (Å²) in [6.45, 7) is 3.74. The Bertz CT molecular complexity index is 826. The van der Waals surface area contributed by atoms with E-state index in [1.54, 1.807) is 20.2 Å². The predicted octanol–water partition coefficient (Wildman–Crippen LogP) is 3.13. The molecule has 0 saturated heterocycles. The summed E-state index contributed by atoms with van der Waals surface area (Å²) in [7, 11) is 3.38. The van der Waals surface area contributed by atoms with Gasteiger partial charge in [0.25, 0.3) is 0 Å². The van der Waals surface area contributed by atoms with Crippen LogP contribution in [0.5, 0.6) is 11.5 Å². The Hall–Kier alpha value is -3.26.